The van der Waals surface area contributed by atoms with Gasteiger partial charge in [0.2, 0.25) is 0 Å². The summed E-state index contributed by atoms with van der Waals surface area (Å²) in [6, 6.07) is 7.98. The molecule has 2 rings (SSSR count). The number of benzene rings is 2. The van der Waals surface area contributed by atoms with Crippen molar-refractivity contribution in [1.29, 1.82) is 0 Å². The fourth-order valence-electron chi connectivity index (χ4n) is 2.70. The Morgan fingerprint density at radius 2 is 1.45 bits per heavy atom. The molecule has 0 aliphatic carbocycles. The lowest BCUT2D eigenvalue weighted by molar-refractivity contribution is -0.153. The Balaban J connectivity index is 2.08. The summed E-state index contributed by atoms with van der Waals surface area (Å²) in [6.45, 7) is -1.47. The van der Waals surface area contributed by atoms with Gasteiger partial charge in [0.15, 0.2) is 18.1 Å². The molecule has 0 heterocycles. The Labute approximate surface area is 187 Å². The van der Waals surface area contributed by atoms with E-state index in [4.69, 9.17) is 14.2 Å². The van der Waals surface area contributed by atoms with Crippen molar-refractivity contribution in [1.82, 2.24) is 0 Å². The lowest BCUT2D eigenvalue weighted by Gasteiger charge is -2.13. The maximum absolute atomic E-state index is 12.4. The standard InChI is InChI=1S/C22H21F3O8/c1-29-18-8-13(4-6-17(18)32-12-22(23,24)25)5-7-19(26)33-16-10-14(20(27)30-2)9-15(11-16)21(28)31-3/h4,6,8-11H,5,7,12H2,1-3H3. The number of carbonyl (C=O) groups is 3. The van der Waals surface area contributed by atoms with Crippen molar-refractivity contribution < 1.29 is 51.2 Å². The molecule has 0 aliphatic rings. The Hall–Kier alpha value is -3.76. The molecule has 0 spiro atoms. The van der Waals surface area contributed by atoms with Crippen LogP contribution in [0.2, 0.25) is 0 Å². The number of hydrogen-bond donors (Lipinski definition) is 0. The predicted molar refractivity (Wildman–Crippen MR) is 108 cm³/mol. The molecule has 0 bridgehead atoms. The third-order valence-electron chi connectivity index (χ3n) is 4.22. The van der Waals surface area contributed by atoms with E-state index in [2.05, 4.69) is 9.47 Å². The highest BCUT2D eigenvalue weighted by Gasteiger charge is 2.29. The molecule has 0 amide bonds. The van der Waals surface area contributed by atoms with Crippen LogP contribution in [0.25, 0.3) is 0 Å². The average Bonchev–Trinajstić information content (AvgIpc) is 2.79. The zero-order valence-corrected chi connectivity index (χ0v) is 18.0. The summed E-state index contributed by atoms with van der Waals surface area (Å²) in [5.74, 6) is -2.22. The van der Waals surface area contributed by atoms with E-state index in [0.29, 0.717) is 5.56 Å². The molecule has 0 radical (unpaired) electrons. The van der Waals surface area contributed by atoms with Crippen LogP contribution in [0, 0.1) is 0 Å². The number of hydrogen-bond acceptors (Lipinski definition) is 8. The largest absolute Gasteiger partial charge is 0.493 e. The normalized spacial score (nSPS) is 10.8. The van der Waals surface area contributed by atoms with Gasteiger partial charge in [0.25, 0.3) is 0 Å². The van der Waals surface area contributed by atoms with Gasteiger partial charge in [-0.05, 0) is 42.3 Å². The fraction of sp³-hybridized carbons (Fsp3) is 0.318. The zero-order chi connectivity index (χ0) is 24.6. The number of esters is 3. The highest BCUT2D eigenvalue weighted by atomic mass is 19.4. The predicted octanol–water partition coefficient (Wildman–Crippen LogP) is 3.75. The topological polar surface area (TPSA) is 97.4 Å². The van der Waals surface area contributed by atoms with Crippen LogP contribution in [0.1, 0.15) is 32.7 Å². The molecule has 0 fully saturated rings. The molecule has 0 unspecified atom stereocenters. The number of halogens is 3. The molecule has 2 aromatic rings. The monoisotopic (exact) mass is 470 g/mol. The van der Waals surface area contributed by atoms with E-state index in [1.807, 2.05) is 0 Å². The summed E-state index contributed by atoms with van der Waals surface area (Å²) in [7, 11) is 3.60. The van der Waals surface area contributed by atoms with E-state index in [0.717, 1.165) is 14.2 Å². The maximum Gasteiger partial charge on any atom is 0.422 e. The molecule has 0 saturated heterocycles. The smallest absolute Gasteiger partial charge is 0.422 e. The van der Waals surface area contributed by atoms with E-state index in [9.17, 15) is 27.6 Å². The summed E-state index contributed by atoms with van der Waals surface area (Å²) in [5, 5.41) is 0. The van der Waals surface area contributed by atoms with Gasteiger partial charge < -0.3 is 23.7 Å². The molecular formula is C22H21F3O8. The number of methoxy groups -OCH3 is 3. The molecule has 0 aromatic heterocycles. The van der Waals surface area contributed by atoms with E-state index in [-0.39, 0.29) is 41.2 Å². The van der Waals surface area contributed by atoms with Crippen molar-refractivity contribution in [3.8, 4) is 17.2 Å². The van der Waals surface area contributed by atoms with Crippen LogP contribution >= 0.6 is 0 Å². The van der Waals surface area contributed by atoms with Crippen LogP contribution in [0.3, 0.4) is 0 Å². The van der Waals surface area contributed by atoms with Crippen LogP contribution in [0.5, 0.6) is 17.2 Å². The second-order valence-electron chi connectivity index (χ2n) is 6.59. The van der Waals surface area contributed by atoms with E-state index in [1.165, 1.54) is 43.5 Å². The van der Waals surface area contributed by atoms with Gasteiger partial charge >= 0.3 is 24.1 Å². The number of rotatable bonds is 9. The number of alkyl halides is 3. The van der Waals surface area contributed by atoms with Gasteiger partial charge in [0.05, 0.1) is 32.5 Å². The van der Waals surface area contributed by atoms with Crippen molar-refractivity contribution in [3.05, 3.63) is 53.1 Å². The summed E-state index contributed by atoms with van der Waals surface area (Å²) in [4.78, 5) is 35.9. The highest BCUT2D eigenvalue weighted by Crippen LogP contribution is 2.30. The summed E-state index contributed by atoms with van der Waals surface area (Å²) in [5.41, 5.74) is 0.562. The van der Waals surface area contributed by atoms with Gasteiger partial charge in [0.1, 0.15) is 5.75 Å². The van der Waals surface area contributed by atoms with Gasteiger partial charge in [-0.25, -0.2) is 9.59 Å². The van der Waals surface area contributed by atoms with Crippen LogP contribution in [-0.2, 0) is 20.7 Å². The average molecular weight is 470 g/mol. The molecule has 8 nitrogen and oxygen atoms in total. The van der Waals surface area contributed by atoms with E-state index in [1.54, 1.807) is 0 Å². The van der Waals surface area contributed by atoms with Gasteiger partial charge in [0, 0.05) is 6.42 Å². The summed E-state index contributed by atoms with van der Waals surface area (Å²) >= 11 is 0. The first-order valence-electron chi connectivity index (χ1n) is 9.45. The molecule has 178 valence electrons. The van der Waals surface area contributed by atoms with E-state index >= 15 is 0 Å². The first kappa shape index (κ1) is 25.5. The Morgan fingerprint density at radius 1 is 0.848 bits per heavy atom. The third kappa shape index (κ3) is 7.70. The summed E-state index contributed by atoms with van der Waals surface area (Å²) < 4.78 is 61.3. The van der Waals surface area contributed by atoms with Crippen molar-refractivity contribution in [2.75, 3.05) is 27.9 Å². The summed E-state index contributed by atoms with van der Waals surface area (Å²) in [6.07, 6.45) is -4.43. The van der Waals surface area contributed by atoms with Crippen molar-refractivity contribution in [3.63, 3.8) is 0 Å². The van der Waals surface area contributed by atoms with Crippen LogP contribution in [-0.4, -0.2) is 52.0 Å². The molecule has 11 heteroatoms. The van der Waals surface area contributed by atoms with Crippen molar-refractivity contribution in [2.45, 2.75) is 19.0 Å². The fourth-order valence-corrected chi connectivity index (χ4v) is 2.70. The molecule has 2 aromatic carbocycles. The highest BCUT2D eigenvalue weighted by molar-refractivity contribution is 5.96. The van der Waals surface area contributed by atoms with Crippen LogP contribution < -0.4 is 14.2 Å². The lowest BCUT2D eigenvalue weighted by atomic mass is 10.1. The Bertz CT molecular complexity index is 983. The minimum absolute atomic E-state index is 0.0117. The first-order chi connectivity index (χ1) is 15.6. The zero-order valence-electron chi connectivity index (χ0n) is 18.0. The van der Waals surface area contributed by atoms with Gasteiger partial charge in [-0.2, -0.15) is 13.2 Å². The molecule has 0 saturated carbocycles. The molecule has 0 atom stereocenters. The minimum Gasteiger partial charge on any atom is -0.493 e. The van der Waals surface area contributed by atoms with Crippen molar-refractivity contribution >= 4 is 17.9 Å². The van der Waals surface area contributed by atoms with Gasteiger partial charge in [-0.1, -0.05) is 6.07 Å². The second-order valence-corrected chi connectivity index (χ2v) is 6.59. The van der Waals surface area contributed by atoms with Crippen LogP contribution in [0.15, 0.2) is 36.4 Å². The number of ether oxygens (including phenoxy) is 5. The van der Waals surface area contributed by atoms with Gasteiger partial charge in [-0.3, -0.25) is 4.79 Å². The molecular weight excluding hydrogens is 449 g/mol. The van der Waals surface area contributed by atoms with Crippen molar-refractivity contribution in [2.24, 2.45) is 0 Å². The van der Waals surface area contributed by atoms with E-state index < -0.39 is 30.7 Å². The quantitative estimate of drug-likeness (QED) is 0.404. The third-order valence-corrected chi connectivity index (χ3v) is 4.22. The first-order valence-corrected chi connectivity index (χ1v) is 9.45. The second kappa shape index (κ2) is 11.2. The number of carbonyl (C=O) groups excluding carboxylic acids is 3. The van der Waals surface area contributed by atoms with Gasteiger partial charge in [-0.15, -0.1) is 0 Å². The molecule has 33 heavy (non-hydrogen) atoms. The number of aryl methyl sites for hydroxylation is 1. The molecule has 0 N–H and O–H groups in total. The minimum atomic E-state index is -4.49. The molecule has 0 aliphatic heterocycles. The van der Waals surface area contributed by atoms with Crippen LogP contribution in [0.4, 0.5) is 13.2 Å². The lowest BCUT2D eigenvalue weighted by Crippen LogP contribution is -2.19. The SMILES string of the molecule is COC(=O)c1cc(OC(=O)CCc2ccc(OCC(F)(F)F)c(OC)c2)cc(C(=O)OC)c1. The Kier molecular flexibility index (Phi) is 8.66. The Morgan fingerprint density at radius 3 is 1.97 bits per heavy atom. The maximum atomic E-state index is 12.4.